The van der Waals surface area contributed by atoms with Crippen molar-refractivity contribution in [3.63, 3.8) is 0 Å². The zero-order chi connectivity index (χ0) is 17.2. The molecule has 0 saturated carbocycles. The van der Waals surface area contributed by atoms with Crippen LogP contribution in [0.4, 0.5) is 0 Å². The molecule has 126 valence electrons. The predicted molar refractivity (Wildman–Crippen MR) is 93.4 cm³/mol. The lowest BCUT2D eigenvalue weighted by atomic mass is 9.87. The topological polar surface area (TPSA) is 63.9 Å². The molecule has 1 atom stereocenters. The van der Waals surface area contributed by atoms with Crippen LogP contribution in [-0.2, 0) is 6.42 Å². The fourth-order valence-corrected chi connectivity index (χ4v) is 3.48. The van der Waals surface area contributed by atoms with Gasteiger partial charge in [0.15, 0.2) is 5.82 Å². The number of fused-ring (bicyclic) bond motifs is 1. The molecule has 0 N–H and O–H groups in total. The molecule has 1 aromatic carbocycles. The van der Waals surface area contributed by atoms with Crippen LogP contribution in [0.2, 0.25) is 0 Å². The lowest BCUT2D eigenvalue weighted by molar-refractivity contribution is 0.0715. The van der Waals surface area contributed by atoms with Gasteiger partial charge in [-0.1, -0.05) is 24.3 Å². The van der Waals surface area contributed by atoms with E-state index in [1.807, 2.05) is 18.0 Å². The van der Waals surface area contributed by atoms with E-state index < -0.39 is 0 Å². The van der Waals surface area contributed by atoms with Gasteiger partial charge in [-0.25, -0.2) is 14.6 Å². The molecular formula is C19H19N5O. The summed E-state index contributed by atoms with van der Waals surface area (Å²) in [5.41, 5.74) is 3.21. The molecule has 6 heteroatoms. The highest BCUT2D eigenvalue weighted by Gasteiger charge is 2.27. The minimum Gasteiger partial charge on any atom is -0.335 e. The van der Waals surface area contributed by atoms with E-state index in [2.05, 4.69) is 33.3 Å². The number of hydrogen-bond donors (Lipinski definition) is 0. The van der Waals surface area contributed by atoms with E-state index in [0.29, 0.717) is 11.4 Å². The zero-order valence-corrected chi connectivity index (χ0v) is 14.0. The maximum atomic E-state index is 13.0. The van der Waals surface area contributed by atoms with E-state index >= 15 is 0 Å². The Morgan fingerprint density at radius 1 is 1.28 bits per heavy atom. The van der Waals surface area contributed by atoms with Crippen LogP contribution in [0.15, 0.2) is 55.2 Å². The van der Waals surface area contributed by atoms with Crippen molar-refractivity contribution in [2.45, 2.75) is 25.3 Å². The Bertz CT molecular complexity index is 890. The minimum atomic E-state index is -0.00883. The normalized spacial score (nSPS) is 16.3. The second-order valence-electron chi connectivity index (χ2n) is 6.27. The highest BCUT2D eigenvalue weighted by atomic mass is 16.2. The van der Waals surface area contributed by atoms with Crippen LogP contribution < -0.4 is 0 Å². The summed E-state index contributed by atoms with van der Waals surface area (Å²) in [5, 5.41) is 4.07. The lowest BCUT2D eigenvalue weighted by Gasteiger charge is -2.33. The molecule has 4 rings (SSSR count). The highest BCUT2D eigenvalue weighted by Crippen LogP contribution is 2.34. The van der Waals surface area contributed by atoms with Gasteiger partial charge in [0.1, 0.15) is 12.7 Å². The smallest absolute Gasteiger partial charge is 0.254 e. The summed E-state index contributed by atoms with van der Waals surface area (Å²) in [7, 11) is 1.88. The van der Waals surface area contributed by atoms with Crippen LogP contribution in [0.1, 0.15) is 40.4 Å². The molecule has 25 heavy (non-hydrogen) atoms. The first-order chi connectivity index (χ1) is 12.2. The van der Waals surface area contributed by atoms with Gasteiger partial charge in [-0.15, -0.1) is 0 Å². The fraction of sp³-hybridized carbons (Fsp3) is 0.263. The minimum absolute atomic E-state index is 0.00883. The summed E-state index contributed by atoms with van der Waals surface area (Å²) < 4.78 is 1.55. The first-order valence-electron chi connectivity index (χ1n) is 8.40. The quantitative estimate of drug-likeness (QED) is 0.739. The molecule has 0 fully saturated rings. The maximum absolute atomic E-state index is 13.0. The molecule has 0 unspecified atom stereocenters. The number of amides is 1. The number of nitrogens with zero attached hydrogens (tertiary/aromatic N) is 5. The van der Waals surface area contributed by atoms with Crippen LogP contribution >= 0.6 is 0 Å². The summed E-state index contributed by atoms with van der Waals surface area (Å²) in [6, 6.07) is 12.0. The highest BCUT2D eigenvalue weighted by molar-refractivity contribution is 5.94. The van der Waals surface area contributed by atoms with E-state index in [-0.39, 0.29) is 11.9 Å². The second kappa shape index (κ2) is 6.47. The molecule has 1 aliphatic carbocycles. The van der Waals surface area contributed by atoms with Crippen molar-refractivity contribution in [2.75, 3.05) is 7.05 Å². The van der Waals surface area contributed by atoms with Gasteiger partial charge in [0.25, 0.3) is 5.91 Å². The van der Waals surface area contributed by atoms with Gasteiger partial charge in [-0.05, 0) is 42.5 Å². The predicted octanol–water partition coefficient (Wildman–Crippen LogP) is 2.81. The van der Waals surface area contributed by atoms with Crippen molar-refractivity contribution in [3.8, 4) is 5.82 Å². The number of aromatic nitrogens is 4. The molecule has 0 bridgehead atoms. The standard InChI is InChI=1S/C19H19N5O/c1-23(17-8-4-6-14-5-2-3-7-16(14)17)19(25)15-9-10-21-18(11-15)24-13-20-12-22-24/h2-3,5,7,9-13,17H,4,6,8H2,1H3/t17-/m1/s1. The van der Waals surface area contributed by atoms with Crippen molar-refractivity contribution in [3.05, 3.63) is 71.9 Å². The Morgan fingerprint density at radius 3 is 3.00 bits per heavy atom. The van der Waals surface area contributed by atoms with E-state index in [1.165, 1.54) is 17.5 Å². The van der Waals surface area contributed by atoms with Gasteiger partial charge in [-0.2, -0.15) is 5.10 Å². The largest absolute Gasteiger partial charge is 0.335 e. The molecule has 2 heterocycles. The first-order valence-corrected chi connectivity index (χ1v) is 8.40. The van der Waals surface area contributed by atoms with Crippen molar-refractivity contribution >= 4 is 5.91 Å². The first kappa shape index (κ1) is 15.5. The van der Waals surface area contributed by atoms with Crippen LogP contribution in [0.5, 0.6) is 0 Å². The number of hydrogen-bond acceptors (Lipinski definition) is 4. The number of carbonyl (C=O) groups is 1. The average molecular weight is 333 g/mol. The second-order valence-corrected chi connectivity index (χ2v) is 6.27. The van der Waals surface area contributed by atoms with Gasteiger partial charge >= 0.3 is 0 Å². The van der Waals surface area contributed by atoms with Crippen LogP contribution in [0.25, 0.3) is 5.82 Å². The molecule has 2 aromatic heterocycles. The zero-order valence-electron chi connectivity index (χ0n) is 14.0. The third kappa shape index (κ3) is 2.91. The summed E-state index contributed by atoms with van der Waals surface area (Å²) in [6.07, 6.45) is 7.81. The summed E-state index contributed by atoms with van der Waals surface area (Å²) in [6.45, 7) is 0. The van der Waals surface area contributed by atoms with E-state index in [1.54, 1.807) is 29.3 Å². The molecule has 0 saturated heterocycles. The Balaban J connectivity index is 1.62. The summed E-state index contributed by atoms with van der Waals surface area (Å²) in [4.78, 5) is 23.1. The van der Waals surface area contributed by atoms with Gasteiger partial charge in [-0.3, -0.25) is 4.79 Å². The monoisotopic (exact) mass is 333 g/mol. The average Bonchev–Trinajstić information content (AvgIpc) is 3.21. The number of pyridine rings is 1. The number of benzene rings is 1. The lowest BCUT2D eigenvalue weighted by Crippen LogP contribution is -2.33. The van der Waals surface area contributed by atoms with Gasteiger partial charge in [0.05, 0.1) is 6.04 Å². The van der Waals surface area contributed by atoms with Gasteiger partial charge < -0.3 is 4.90 Å². The Morgan fingerprint density at radius 2 is 2.16 bits per heavy atom. The van der Waals surface area contributed by atoms with Crippen molar-refractivity contribution in [1.29, 1.82) is 0 Å². The number of rotatable bonds is 3. The molecule has 0 spiro atoms. The molecule has 0 aliphatic heterocycles. The fourth-order valence-electron chi connectivity index (χ4n) is 3.48. The Kier molecular flexibility index (Phi) is 4.01. The molecule has 3 aromatic rings. The molecule has 1 aliphatic rings. The Hall–Kier alpha value is -3.02. The SMILES string of the molecule is CN(C(=O)c1ccnc(-n2cncn2)c1)[C@@H]1CCCc2ccccc21. The van der Waals surface area contributed by atoms with E-state index in [4.69, 9.17) is 0 Å². The van der Waals surface area contributed by atoms with Crippen LogP contribution in [-0.4, -0.2) is 37.6 Å². The van der Waals surface area contributed by atoms with E-state index in [0.717, 1.165) is 19.3 Å². The Labute approximate surface area is 146 Å². The molecule has 0 radical (unpaired) electrons. The molecule has 6 nitrogen and oxygen atoms in total. The van der Waals surface area contributed by atoms with Crippen LogP contribution in [0.3, 0.4) is 0 Å². The number of aryl methyl sites for hydroxylation is 1. The number of carbonyl (C=O) groups excluding carboxylic acids is 1. The van der Waals surface area contributed by atoms with Crippen LogP contribution in [0, 0.1) is 0 Å². The van der Waals surface area contributed by atoms with Crippen molar-refractivity contribution in [1.82, 2.24) is 24.6 Å². The molecular weight excluding hydrogens is 314 g/mol. The van der Waals surface area contributed by atoms with Gasteiger partial charge in [0, 0.05) is 18.8 Å². The summed E-state index contributed by atoms with van der Waals surface area (Å²) in [5.74, 6) is 0.575. The third-order valence-corrected chi connectivity index (χ3v) is 4.77. The van der Waals surface area contributed by atoms with Crippen molar-refractivity contribution in [2.24, 2.45) is 0 Å². The molecule has 1 amide bonds. The maximum Gasteiger partial charge on any atom is 0.254 e. The van der Waals surface area contributed by atoms with Crippen molar-refractivity contribution < 1.29 is 4.79 Å². The summed E-state index contributed by atoms with van der Waals surface area (Å²) >= 11 is 0. The van der Waals surface area contributed by atoms with Gasteiger partial charge in [0.2, 0.25) is 0 Å². The van der Waals surface area contributed by atoms with E-state index in [9.17, 15) is 4.79 Å². The third-order valence-electron chi connectivity index (χ3n) is 4.77.